The minimum Gasteiger partial charge on any atom is -0.484 e. The second-order valence-corrected chi connectivity index (χ2v) is 6.27. The average molecular weight is 374 g/mol. The summed E-state index contributed by atoms with van der Waals surface area (Å²) in [7, 11) is 0. The van der Waals surface area contributed by atoms with Crippen LogP contribution in [-0.4, -0.2) is 28.4 Å². The number of hydrazine groups is 1. The van der Waals surface area contributed by atoms with Gasteiger partial charge in [0.15, 0.2) is 6.61 Å². The number of fused-ring (bicyclic) bond motifs is 2. The monoisotopic (exact) mass is 374 g/mol. The van der Waals surface area contributed by atoms with Crippen LogP contribution in [0.3, 0.4) is 0 Å². The Bertz CT molecular complexity index is 1120. The molecule has 1 heterocycles. The van der Waals surface area contributed by atoms with Crippen molar-refractivity contribution in [2.75, 3.05) is 6.61 Å². The second-order valence-electron chi connectivity index (χ2n) is 6.27. The van der Waals surface area contributed by atoms with Gasteiger partial charge in [0.1, 0.15) is 11.6 Å². The van der Waals surface area contributed by atoms with E-state index in [0.717, 1.165) is 21.8 Å². The van der Waals surface area contributed by atoms with Crippen molar-refractivity contribution < 1.29 is 14.3 Å². The number of benzene rings is 3. The number of aromatic nitrogens is 2. The molecule has 2 amide bonds. The number of para-hydroxylation sites is 2. The zero-order valence-corrected chi connectivity index (χ0v) is 14.9. The number of H-pyrrole nitrogens is 1. The summed E-state index contributed by atoms with van der Waals surface area (Å²) in [5, 5.41) is 2.12. The fraction of sp³-hybridized carbons (Fsp3) is 0.0952. The van der Waals surface area contributed by atoms with Crippen molar-refractivity contribution >= 4 is 33.6 Å². The first kappa shape index (κ1) is 17.5. The van der Waals surface area contributed by atoms with Crippen LogP contribution < -0.4 is 15.6 Å². The molecule has 0 aliphatic heterocycles. The van der Waals surface area contributed by atoms with Crippen molar-refractivity contribution in [3.63, 3.8) is 0 Å². The number of hydrogen-bond donors (Lipinski definition) is 3. The van der Waals surface area contributed by atoms with E-state index in [0.29, 0.717) is 11.6 Å². The Morgan fingerprint density at radius 3 is 2.50 bits per heavy atom. The summed E-state index contributed by atoms with van der Waals surface area (Å²) < 4.78 is 5.48. The number of nitrogens with one attached hydrogen (secondary N) is 3. The van der Waals surface area contributed by atoms with Gasteiger partial charge in [-0.25, -0.2) is 4.98 Å². The van der Waals surface area contributed by atoms with Crippen LogP contribution in [-0.2, 0) is 16.0 Å². The average Bonchev–Trinajstić information content (AvgIpc) is 3.12. The lowest BCUT2D eigenvalue weighted by atomic mass is 10.1. The van der Waals surface area contributed by atoms with Crippen molar-refractivity contribution in [1.29, 1.82) is 0 Å². The molecule has 0 aliphatic rings. The Hall–Kier alpha value is -3.87. The van der Waals surface area contributed by atoms with Crippen molar-refractivity contribution in [3.8, 4) is 5.75 Å². The summed E-state index contributed by atoms with van der Waals surface area (Å²) in [6.45, 7) is -0.205. The third-order valence-corrected chi connectivity index (χ3v) is 4.20. The fourth-order valence-corrected chi connectivity index (χ4v) is 2.87. The highest BCUT2D eigenvalue weighted by Crippen LogP contribution is 2.20. The molecule has 0 bridgehead atoms. The molecule has 3 aromatic carbocycles. The van der Waals surface area contributed by atoms with Gasteiger partial charge in [-0.05, 0) is 35.0 Å². The predicted octanol–water partition coefficient (Wildman–Crippen LogP) is 2.48. The van der Waals surface area contributed by atoms with Gasteiger partial charge in [-0.1, -0.05) is 42.5 Å². The van der Waals surface area contributed by atoms with E-state index in [1.165, 1.54) is 0 Å². The van der Waals surface area contributed by atoms with Crippen LogP contribution in [0, 0.1) is 0 Å². The van der Waals surface area contributed by atoms with Crippen LogP contribution in [0.5, 0.6) is 5.75 Å². The molecule has 0 fully saturated rings. The number of ether oxygens (including phenoxy) is 1. The summed E-state index contributed by atoms with van der Waals surface area (Å²) in [5.74, 6) is 0.284. The van der Waals surface area contributed by atoms with Gasteiger partial charge >= 0.3 is 0 Å². The smallest absolute Gasteiger partial charge is 0.276 e. The molecule has 7 nitrogen and oxygen atoms in total. The van der Waals surface area contributed by atoms with E-state index in [1.807, 2.05) is 60.7 Å². The Balaban J connectivity index is 1.25. The Kier molecular flexibility index (Phi) is 4.88. The van der Waals surface area contributed by atoms with Gasteiger partial charge < -0.3 is 9.72 Å². The first-order valence-corrected chi connectivity index (χ1v) is 8.80. The topological polar surface area (TPSA) is 96.1 Å². The van der Waals surface area contributed by atoms with Crippen molar-refractivity contribution in [1.82, 2.24) is 20.8 Å². The molecule has 3 N–H and O–H groups in total. The summed E-state index contributed by atoms with van der Waals surface area (Å²) in [4.78, 5) is 31.3. The molecule has 4 rings (SSSR count). The van der Waals surface area contributed by atoms with Crippen LogP contribution in [0.4, 0.5) is 0 Å². The maximum atomic E-state index is 12.0. The number of amides is 2. The molecular weight excluding hydrogens is 356 g/mol. The quantitative estimate of drug-likeness (QED) is 0.468. The van der Waals surface area contributed by atoms with Crippen LogP contribution >= 0.6 is 0 Å². The lowest BCUT2D eigenvalue weighted by Gasteiger charge is -2.09. The summed E-state index contributed by atoms with van der Waals surface area (Å²) >= 11 is 0. The first-order valence-electron chi connectivity index (χ1n) is 8.80. The number of nitrogens with zero attached hydrogens (tertiary/aromatic N) is 1. The number of hydrogen-bond acceptors (Lipinski definition) is 4. The number of rotatable bonds is 5. The van der Waals surface area contributed by atoms with E-state index in [1.54, 1.807) is 6.07 Å². The third-order valence-electron chi connectivity index (χ3n) is 4.20. The highest BCUT2D eigenvalue weighted by Gasteiger charge is 2.10. The minimum absolute atomic E-state index is 0.0283. The van der Waals surface area contributed by atoms with Crippen LogP contribution in [0.2, 0.25) is 0 Å². The van der Waals surface area contributed by atoms with Crippen LogP contribution in [0.1, 0.15) is 5.82 Å². The lowest BCUT2D eigenvalue weighted by molar-refractivity contribution is -0.129. The number of imidazole rings is 1. The molecule has 28 heavy (non-hydrogen) atoms. The van der Waals surface area contributed by atoms with E-state index < -0.39 is 5.91 Å². The van der Waals surface area contributed by atoms with Gasteiger partial charge in [-0.2, -0.15) is 0 Å². The molecule has 0 radical (unpaired) electrons. The van der Waals surface area contributed by atoms with E-state index in [-0.39, 0.29) is 18.9 Å². The SMILES string of the molecule is O=C(COc1ccc2ccccc2c1)NNC(=O)Cc1nc2ccccc2[nH]1. The van der Waals surface area contributed by atoms with Crippen molar-refractivity contribution in [3.05, 3.63) is 72.6 Å². The van der Waals surface area contributed by atoms with E-state index >= 15 is 0 Å². The lowest BCUT2D eigenvalue weighted by Crippen LogP contribution is -2.44. The molecule has 0 saturated carbocycles. The second kappa shape index (κ2) is 7.79. The molecule has 4 aromatic rings. The van der Waals surface area contributed by atoms with Gasteiger partial charge in [0.2, 0.25) is 5.91 Å². The maximum absolute atomic E-state index is 12.0. The highest BCUT2D eigenvalue weighted by atomic mass is 16.5. The Morgan fingerprint density at radius 2 is 1.64 bits per heavy atom. The summed E-state index contributed by atoms with van der Waals surface area (Å²) in [6.07, 6.45) is 0.0283. The van der Waals surface area contributed by atoms with Crippen molar-refractivity contribution in [2.45, 2.75) is 6.42 Å². The van der Waals surface area contributed by atoms with E-state index in [4.69, 9.17) is 4.74 Å². The third kappa shape index (κ3) is 4.09. The predicted molar refractivity (Wildman–Crippen MR) is 106 cm³/mol. The van der Waals surface area contributed by atoms with Crippen LogP contribution in [0.25, 0.3) is 21.8 Å². The Labute approximate surface area is 160 Å². The zero-order valence-electron chi connectivity index (χ0n) is 14.9. The van der Waals surface area contributed by atoms with E-state index in [9.17, 15) is 9.59 Å². The molecule has 140 valence electrons. The van der Waals surface area contributed by atoms with Gasteiger partial charge in [-0.15, -0.1) is 0 Å². The molecule has 7 heteroatoms. The molecule has 1 aromatic heterocycles. The molecule has 0 aliphatic carbocycles. The fourth-order valence-electron chi connectivity index (χ4n) is 2.87. The molecule has 0 atom stereocenters. The Morgan fingerprint density at radius 1 is 0.893 bits per heavy atom. The standard InChI is InChI=1S/C21H18N4O3/c26-20(12-19-22-17-7-3-4-8-18(17)23-19)24-25-21(27)13-28-16-10-9-14-5-1-2-6-15(14)11-16/h1-11H,12-13H2,(H,22,23)(H,24,26)(H,25,27). The summed E-state index contributed by atoms with van der Waals surface area (Å²) in [5.41, 5.74) is 6.35. The van der Waals surface area contributed by atoms with E-state index in [2.05, 4.69) is 20.8 Å². The van der Waals surface area contributed by atoms with Gasteiger partial charge in [-0.3, -0.25) is 20.4 Å². The normalized spacial score (nSPS) is 10.7. The zero-order chi connectivity index (χ0) is 19.3. The minimum atomic E-state index is -0.453. The molecule has 0 saturated heterocycles. The van der Waals surface area contributed by atoms with Crippen molar-refractivity contribution in [2.24, 2.45) is 0 Å². The van der Waals surface area contributed by atoms with Gasteiger partial charge in [0, 0.05) is 0 Å². The molecule has 0 unspecified atom stereocenters. The largest absolute Gasteiger partial charge is 0.484 e. The highest BCUT2D eigenvalue weighted by molar-refractivity contribution is 5.85. The first-order chi connectivity index (χ1) is 13.7. The van der Waals surface area contributed by atoms with Crippen LogP contribution in [0.15, 0.2) is 66.7 Å². The molecule has 0 spiro atoms. The number of carbonyl (C=O) groups excluding carboxylic acids is 2. The number of aromatic amines is 1. The number of carbonyl (C=O) groups is 2. The summed E-state index contributed by atoms with van der Waals surface area (Å²) in [6, 6.07) is 21.0. The van der Waals surface area contributed by atoms with Gasteiger partial charge in [0.25, 0.3) is 5.91 Å². The molecular formula is C21H18N4O3. The maximum Gasteiger partial charge on any atom is 0.276 e. The van der Waals surface area contributed by atoms with Gasteiger partial charge in [0.05, 0.1) is 17.5 Å².